The Labute approximate surface area is 106 Å². The second-order valence-electron chi connectivity index (χ2n) is 3.48. The van der Waals surface area contributed by atoms with E-state index in [9.17, 15) is 13.2 Å². The fraction of sp³-hybridized carbons (Fsp3) is 0.0909. The number of rotatable bonds is 3. The molecule has 0 saturated heterocycles. The lowest BCUT2D eigenvalue weighted by molar-refractivity contribution is -0.274. The van der Waals surface area contributed by atoms with Crippen LogP contribution in [0.3, 0.4) is 0 Å². The minimum Gasteiger partial charge on any atom is -0.406 e. The lowest BCUT2D eigenvalue weighted by Crippen LogP contribution is -2.16. The molecule has 1 aromatic heterocycles. The molecule has 0 aliphatic rings. The Hall–Kier alpha value is -2.35. The van der Waals surface area contributed by atoms with Gasteiger partial charge in [0, 0.05) is 17.8 Å². The zero-order valence-corrected chi connectivity index (χ0v) is 9.48. The molecule has 2 aromatic rings. The summed E-state index contributed by atoms with van der Waals surface area (Å²) in [5, 5.41) is 0. The zero-order chi connectivity index (χ0) is 13.9. The van der Waals surface area contributed by atoms with E-state index in [0.717, 1.165) is 0 Å². The lowest BCUT2D eigenvalue weighted by Gasteiger charge is -2.09. The first-order valence-corrected chi connectivity index (χ1v) is 5.14. The Balaban J connectivity index is 2.22. The minimum absolute atomic E-state index is 0.302. The molecule has 0 atom stereocenters. The molecule has 19 heavy (non-hydrogen) atoms. The van der Waals surface area contributed by atoms with Crippen LogP contribution < -0.4 is 16.0 Å². The highest BCUT2D eigenvalue weighted by Crippen LogP contribution is 2.25. The van der Waals surface area contributed by atoms with Gasteiger partial charge < -0.3 is 10.2 Å². The van der Waals surface area contributed by atoms with Crippen molar-refractivity contribution in [3.05, 3.63) is 36.5 Å². The summed E-state index contributed by atoms with van der Waals surface area (Å²) in [5.74, 6) is 5.65. The summed E-state index contributed by atoms with van der Waals surface area (Å²) in [6, 6.07) is 6.79. The van der Waals surface area contributed by atoms with Crippen LogP contribution in [0.25, 0.3) is 11.4 Å². The SMILES string of the molecule is NNc1ccnc(-c2ccc(OC(F)(F)F)cc2)n1. The van der Waals surface area contributed by atoms with Crippen LogP contribution >= 0.6 is 0 Å². The summed E-state index contributed by atoms with van der Waals surface area (Å²) in [4.78, 5) is 8.05. The summed E-state index contributed by atoms with van der Waals surface area (Å²) in [6.07, 6.45) is -3.22. The number of hydrogen-bond donors (Lipinski definition) is 2. The van der Waals surface area contributed by atoms with Gasteiger partial charge in [-0.1, -0.05) is 0 Å². The van der Waals surface area contributed by atoms with E-state index in [1.807, 2.05) is 0 Å². The van der Waals surface area contributed by atoms with Gasteiger partial charge in [0.25, 0.3) is 0 Å². The van der Waals surface area contributed by atoms with E-state index in [0.29, 0.717) is 17.2 Å². The van der Waals surface area contributed by atoms with E-state index in [-0.39, 0.29) is 5.75 Å². The molecule has 0 aliphatic heterocycles. The van der Waals surface area contributed by atoms with Crippen LogP contribution in [-0.2, 0) is 0 Å². The number of hydrogen-bond acceptors (Lipinski definition) is 5. The molecule has 100 valence electrons. The molecule has 0 fully saturated rings. The number of aromatic nitrogens is 2. The highest BCUT2D eigenvalue weighted by molar-refractivity contribution is 5.57. The summed E-state index contributed by atoms with van der Waals surface area (Å²) in [6.45, 7) is 0. The average Bonchev–Trinajstić information content (AvgIpc) is 2.38. The number of nitrogens with two attached hydrogens (primary N) is 1. The van der Waals surface area contributed by atoms with Gasteiger partial charge in [-0.2, -0.15) is 0 Å². The molecule has 0 aliphatic carbocycles. The second kappa shape index (κ2) is 5.11. The normalized spacial score (nSPS) is 11.2. The molecular weight excluding hydrogens is 261 g/mol. The van der Waals surface area contributed by atoms with Crippen molar-refractivity contribution >= 4 is 5.82 Å². The van der Waals surface area contributed by atoms with Crippen molar-refractivity contribution in [1.82, 2.24) is 9.97 Å². The molecular formula is C11H9F3N4O. The molecule has 2 rings (SSSR count). The molecule has 5 nitrogen and oxygen atoms in total. The first-order chi connectivity index (χ1) is 8.98. The molecule has 0 unspecified atom stereocenters. The Morgan fingerprint density at radius 2 is 1.79 bits per heavy atom. The van der Waals surface area contributed by atoms with Gasteiger partial charge in [0.2, 0.25) is 0 Å². The third-order valence-corrected chi connectivity index (χ3v) is 2.15. The number of ether oxygens (including phenoxy) is 1. The number of halogens is 3. The molecule has 1 heterocycles. The van der Waals surface area contributed by atoms with Gasteiger partial charge in [0.05, 0.1) is 0 Å². The molecule has 3 N–H and O–H groups in total. The van der Waals surface area contributed by atoms with Crippen LogP contribution in [0.2, 0.25) is 0 Å². The van der Waals surface area contributed by atoms with Crippen molar-refractivity contribution < 1.29 is 17.9 Å². The molecule has 0 amide bonds. The average molecular weight is 270 g/mol. The smallest absolute Gasteiger partial charge is 0.406 e. The van der Waals surface area contributed by atoms with Crippen molar-refractivity contribution in [3.8, 4) is 17.1 Å². The van der Waals surface area contributed by atoms with E-state index < -0.39 is 6.36 Å². The number of nitrogens with zero attached hydrogens (tertiary/aromatic N) is 2. The fourth-order valence-electron chi connectivity index (χ4n) is 1.38. The van der Waals surface area contributed by atoms with Crippen molar-refractivity contribution in [1.29, 1.82) is 0 Å². The predicted molar refractivity (Wildman–Crippen MR) is 62.0 cm³/mol. The number of hydrazine groups is 1. The van der Waals surface area contributed by atoms with Crippen LogP contribution in [0.5, 0.6) is 5.75 Å². The maximum Gasteiger partial charge on any atom is 0.573 e. The van der Waals surface area contributed by atoms with Gasteiger partial charge in [-0.05, 0) is 24.3 Å². The van der Waals surface area contributed by atoms with Gasteiger partial charge >= 0.3 is 6.36 Å². The number of benzene rings is 1. The molecule has 1 aromatic carbocycles. The van der Waals surface area contributed by atoms with E-state index in [2.05, 4.69) is 20.1 Å². The Morgan fingerprint density at radius 1 is 1.11 bits per heavy atom. The maximum absolute atomic E-state index is 12.0. The number of nitrogen functional groups attached to an aromatic ring is 1. The molecule has 8 heteroatoms. The van der Waals surface area contributed by atoms with Crippen LogP contribution in [-0.4, -0.2) is 16.3 Å². The Kier molecular flexibility index (Phi) is 3.52. The van der Waals surface area contributed by atoms with Gasteiger partial charge in [-0.25, -0.2) is 15.8 Å². The zero-order valence-electron chi connectivity index (χ0n) is 9.48. The predicted octanol–water partition coefficient (Wildman–Crippen LogP) is 2.33. The molecule has 0 saturated carbocycles. The summed E-state index contributed by atoms with van der Waals surface area (Å²) in [5.41, 5.74) is 2.90. The fourth-order valence-corrected chi connectivity index (χ4v) is 1.38. The van der Waals surface area contributed by atoms with Crippen molar-refractivity contribution in [2.45, 2.75) is 6.36 Å². The molecule has 0 radical (unpaired) electrons. The third-order valence-electron chi connectivity index (χ3n) is 2.15. The molecule has 0 spiro atoms. The van der Waals surface area contributed by atoms with E-state index in [1.54, 1.807) is 6.07 Å². The number of nitrogens with one attached hydrogen (secondary N) is 1. The third kappa shape index (κ3) is 3.55. The standard InChI is InChI=1S/C11H9F3N4O/c12-11(13,14)19-8-3-1-7(2-4-8)10-16-6-5-9(17-10)18-15/h1-6H,15H2,(H,16,17,18). The topological polar surface area (TPSA) is 73.1 Å². The Bertz CT molecular complexity index is 557. The summed E-state index contributed by atoms with van der Waals surface area (Å²) >= 11 is 0. The minimum atomic E-state index is -4.71. The quantitative estimate of drug-likeness (QED) is 0.661. The van der Waals surface area contributed by atoms with Gasteiger partial charge in [-0.15, -0.1) is 13.2 Å². The van der Waals surface area contributed by atoms with Crippen LogP contribution in [0.4, 0.5) is 19.0 Å². The van der Waals surface area contributed by atoms with Crippen molar-refractivity contribution in [2.24, 2.45) is 5.84 Å². The van der Waals surface area contributed by atoms with Crippen LogP contribution in [0.15, 0.2) is 36.5 Å². The number of anilines is 1. The first kappa shape index (κ1) is 13.1. The van der Waals surface area contributed by atoms with Gasteiger partial charge in [-0.3, -0.25) is 0 Å². The maximum atomic E-state index is 12.0. The second-order valence-corrected chi connectivity index (χ2v) is 3.48. The largest absolute Gasteiger partial charge is 0.573 e. The van der Waals surface area contributed by atoms with Gasteiger partial charge in [0.15, 0.2) is 5.82 Å². The summed E-state index contributed by atoms with van der Waals surface area (Å²) in [7, 11) is 0. The van der Waals surface area contributed by atoms with Crippen molar-refractivity contribution in [3.63, 3.8) is 0 Å². The Morgan fingerprint density at radius 3 is 2.37 bits per heavy atom. The van der Waals surface area contributed by atoms with E-state index >= 15 is 0 Å². The van der Waals surface area contributed by atoms with Crippen LogP contribution in [0.1, 0.15) is 0 Å². The lowest BCUT2D eigenvalue weighted by atomic mass is 10.2. The monoisotopic (exact) mass is 270 g/mol. The molecule has 0 bridgehead atoms. The highest BCUT2D eigenvalue weighted by Gasteiger charge is 2.30. The van der Waals surface area contributed by atoms with Gasteiger partial charge in [0.1, 0.15) is 11.6 Å². The highest BCUT2D eigenvalue weighted by atomic mass is 19.4. The first-order valence-electron chi connectivity index (χ1n) is 5.14. The van der Waals surface area contributed by atoms with Crippen molar-refractivity contribution in [2.75, 3.05) is 5.43 Å². The van der Waals surface area contributed by atoms with E-state index in [1.165, 1.54) is 30.5 Å². The summed E-state index contributed by atoms with van der Waals surface area (Å²) < 4.78 is 39.7. The number of alkyl halides is 3. The van der Waals surface area contributed by atoms with Crippen LogP contribution in [0, 0.1) is 0 Å². The van der Waals surface area contributed by atoms with E-state index in [4.69, 9.17) is 5.84 Å².